The number of rotatable bonds is 3. The van der Waals surface area contributed by atoms with Gasteiger partial charge in [-0.05, 0) is 19.8 Å². The normalized spacial score (nSPS) is 25.2. The second kappa shape index (κ2) is 5.38. The molecule has 1 aliphatic carbocycles. The zero-order chi connectivity index (χ0) is 12.4. The van der Waals surface area contributed by atoms with Crippen LogP contribution in [-0.2, 0) is 18.4 Å². The molecule has 96 valence electrons. The molecule has 0 aliphatic heterocycles. The molecule has 1 aromatic rings. The summed E-state index contributed by atoms with van der Waals surface area (Å²) >= 11 is 6.17. The van der Waals surface area contributed by atoms with E-state index >= 15 is 0 Å². The molecule has 1 aliphatic rings. The number of halogens is 1. The summed E-state index contributed by atoms with van der Waals surface area (Å²) in [5.74, 6) is 0. The van der Waals surface area contributed by atoms with Crippen molar-refractivity contribution >= 4 is 11.6 Å². The Labute approximate surface area is 107 Å². The van der Waals surface area contributed by atoms with Crippen LogP contribution in [0.25, 0.3) is 0 Å². The molecule has 0 aromatic carbocycles. The highest BCUT2D eigenvalue weighted by Gasteiger charge is 2.23. The number of hydrogen-bond acceptors (Lipinski definition) is 3. The van der Waals surface area contributed by atoms with Crippen LogP contribution < -0.4 is 5.73 Å². The third-order valence-electron chi connectivity index (χ3n) is 3.45. The summed E-state index contributed by atoms with van der Waals surface area (Å²) in [4.78, 5) is 0. The number of nitrogens with two attached hydrogens (primary N) is 1. The van der Waals surface area contributed by atoms with Gasteiger partial charge >= 0.3 is 0 Å². The van der Waals surface area contributed by atoms with Crippen molar-refractivity contribution in [3.05, 3.63) is 16.4 Å². The molecular formula is C12H20ClN3O. The second-order valence-corrected chi connectivity index (χ2v) is 5.15. The van der Waals surface area contributed by atoms with Crippen LogP contribution in [0.5, 0.6) is 0 Å². The van der Waals surface area contributed by atoms with Gasteiger partial charge in [0.05, 0.1) is 29.1 Å². The van der Waals surface area contributed by atoms with Crippen molar-refractivity contribution in [1.82, 2.24) is 9.78 Å². The van der Waals surface area contributed by atoms with E-state index in [1.807, 2.05) is 14.0 Å². The summed E-state index contributed by atoms with van der Waals surface area (Å²) in [7, 11) is 1.89. The molecule has 1 aromatic heterocycles. The third-order valence-corrected chi connectivity index (χ3v) is 3.94. The molecule has 4 nitrogen and oxygen atoms in total. The molecule has 0 spiro atoms. The summed E-state index contributed by atoms with van der Waals surface area (Å²) in [6.07, 6.45) is 4.69. The lowest BCUT2D eigenvalue weighted by atomic mass is 9.93. The lowest BCUT2D eigenvalue weighted by Crippen LogP contribution is -2.39. The van der Waals surface area contributed by atoms with E-state index in [-0.39, 0.29) is 12.1 Å². The van der Waals surface area contributed by atoms with Crippen LogP contribution >= 0.6 is 11.6 Å². The van der Waals surface area contributed by atoms with Crippen molar-refractivity contribution in [2.24, 2.45) is 12.8 Å². The van der Waals surface area contributed by atoms with Crippen LogP contribution in [0.15, 0.2) is 0 Å². The Bertz CT molecular complexity index is 391. The van der Waals surface area contributed by atoms with Gasteiger partial charge in [0, 0.05) is 13.1 Å². The summed E-state index contributed by atoms with van der Waals surface area (Å²) in [5.41, 5.74) is 7.82. The summed E-state index contributed by atoms with van der Waals surface area (Å²) in [5, 5.41) is 4.97. The van der Waals surface area contributed by atoms with Crippen molar-refractivity contribution < 1.29 is 4.74 Å². The second-order valence-electron chi connectivity index (χ2n) is 4.77. The molecule has 17 heavy (non-hydrogen) atoms. The number of nitrogens with zero attached hydrogens (tertiary/aromatic N) is 2. The summed E-state index contributed by atoms with van der Waals surface area (Å²) in [6.45, 7) is 2.40. The van der Waals surface area contributed by atoms with Gasteiger partial charge in [0.25, 0.3) is 0 Å². The first-order valence-corrected chi connectivity index (χ1v) is 6.52. The van der Waals surface area contributed by atoms with Crippen molar-refractivity contribution in [2.45, 2.75) is 51.4 Å². The predicted octanol–water partition coefficient (Wildman–Crippen LogP) is 2.17. The van der Waals surface area contributed by atoms with Gasteiger partial charge in [-0.2, -0.15) is 5.10 Å². The highest BCUT2D eigenvalue weighted by molar-refractivity contribution is 6.31. The molecule has 1 heterocycles. The minimum atomic E-state index is 0.162. The van der Waals surface area contributed by atoms with Crippen LogP contribution in [0.3, 0.4) is 0 Å². The van der Waals surface area contributed by atoms with Gasteiger partial charge in [0.1, 0.15) is 0 Å². The molecule has 2 unspecified atom stereocenters. The maximum atomic E-state index is 6.17. The van der Waals surface area contributed by atoms with Crippen molar-refractivity contribution in [3.63, 3.8) is 0 Å². The minimum Gasteiger partial charge on any atom is -0.370 e. The Hall–Kier alpha value is -0.580. The van der Waals surface area contributed by atoms with E-state index in [1.54, 1.807) is 4.68 Å². The molecule has 1 saturated carbocycles. The Balaban J connectivity index is 1.97. The Morgan fingerprint density at radius 3 is 2.76 bits per heavy atom. The number of ether oxygens (including phenoxy) is 1. The van der Waals surface area contributed by atoms with Crippen LogP contribution in [-0.4, -0.2) is 21.9 Å². The van der Waals surface area contributed by atoms with Crippen LogP contribution in [0.4, 0.5) is 0 Å². The number of aryl methyl sites for hydroxylation is 2. The average molecular weight is 258 g/mol. The molecule has 2 atom stereocenters. The minimum absolute atomic E-state index is 0.162. The fourth-order valence-electron chi connectivity index (χ4n) is 2.36. The maximum absolute atomic E-state index is 6.17. The summed E-state index contributed by atoms with van der Waals surface area (Å²) < 4.78 is 7.67. The Kier molecular flexibility index (Phi) is 4.07. The summed E-state index contributed by atoms with van der Waals surface area (Å²) in [6, 6.07) is 0.164. The van der Waals surface area contributed by atoms with Gasteiger partial charge in [0.2, 0.25) is 0 Å². The van der Waals surface area contributed by atoms with Crippen LogP contribution in [0.1, 0.15) is 37.1 Å². The first kappa shape index (κ1) is 12.9. The maximum Gasteiger partial charge on any atom is 0.0904 e. The third kappa shape index (κ3) is 2.81. The Morgan fingerprint density at radius 1 is 1.47 bits per heavy atom. The van der Waals surface area contributed by atoms with E-state index in [2.05, 4.69) is 5.10 Å². The Morgan fingerprint density at radius 2 is 2.18 bits per heavy atom. The number of hydrogen-bond donors (Lipinski definition) is 1. The molecule has 0 radical (unpaired) electrons. The van der Waals surface area contributed by atoms with Gasteiger partial charge in [0.15, 0.2) is 0 Å². The van der Waals surface area contributed by atoms with E-state index in [9.17, 15) is 0 Å². The smallest absolute Gasteiger partial charge is 0.0904 e. The average Bonchev–Trinajstić information content (AvgIpc) is 2.53. The van der Waals surface area contributed by atoms with Gasteiger partial charge in [-0.3, -0.25) is 4.68 Å². The highest BCUT2D eigenvalue weighted by Crippen LogP contribution is 2.24. The molecule has 5 heteroatoms. The topological polar surface area (TPSA) is 53.1 Å². The zero-order valence-electron chi connectivity index (χ0n) is 10.4. The quantitative estimate of drug-likeness (QED) is 0.903. The molecule has 2 rings (SSSR count). The van der Waals surface area contributed by atoms with E-state index in [1.165, 1.54) is 12.8 Å². The van der Waals surface area contributed by atoms with Gasteiger partial charge in [-0.1, -0.05) is 24.4 Å². The van der Waals surface area contributed by atoms with E-state index in [0.29, 0.717) is 11.6 Å². The first-order chi connectivity index (χ1) is 8.09. The highest BCUT2D eigenvalue weighted by atomic mass is 35.5. The molecule has 2 N–H and O–H groups in total. The number of aromatic nitrogens is 2. The standard InChI is InChI=1S/C12H20ClN3O/c1-8-12(13)10(16(2)15-8)7-17-11-6-4-3-5-9(11)14/h9,11H,3-7,14H2,1-2H3. The monoisotopic (exact) mass is 257 g/mol. The molecule has 0 amide bonds. The SMILES string of the molecule is Cc1nn(C)c(COC2CCCCC2N)c1Cl. The molecule has 1 fully saturated rings. The van der Waals surface area contributed by atoms with Gasteiger partial charge in [-0.15, -0.1) is 0 Å². The zero-order valence-corrected chi connectivity index (χ0v) is 11.2. The van der Waals surface area contributed by atoms with Gasteiger partial charge < -0.3 is 10.5 Å². The van der Waals surface area contributed by atoms with E-state index in [0.717, 1.165) is 24.2 Å². The largest absolute Gasteiger partial charge is 0.370 e. The molecular weight excluding hydrogens is 238 g/mol. The van der Waals surface area contributed by atoms with Crippen LogP contribution in [0, 0.1) is 6.92 Å². The van der Waals surface area contributed by atoms with Gasteiger partial charge in [-0.25, -0.2) is 0 Å². The van der Waals surface area contributed by atoms with E-state index < -0.39 is 0 Å². The van der Waals surface area contributed by atoms with Crippen LogP contribution in [0.2, 0.25) is 5.02 Å². The van der Waals surface area contributed by atoms with Crippen molar-refractivity contribution in [2.75, 3.05) is 0 Å². The van der Waals surface area contributed by atoms with E-state index in [4.69, 9.17) is 22.1 Å². The predicted molar refractivity (Wildman–Crippen MR) is 68.0 cm³/mol. The molecule has 0 bridgehead atoms. The van der Waals surface area contributed by atoms with Crippen molar-refractivity contribution in [3.8, 4) is 0 Å². The van der Waals surface area contributed by atoms with Crippen molar-refractivity contribution in [1.29, 1.82) is 0 Å². The first-order valence-electron chi connectivity index (χ1n) is 6.14. The fraction of sp³-hybridized carbons (Fsp3) is 0.750. The lowest BCUT2D eigenvalue weighted by molar-refractivity contribution is 0.00136. The lowest BCUT2D eigenvalue weighted by Gasteiger charge is -2.28. The molecule has 0 saturated heterocycles. The fourth-order valence-corrected chi connectivity index (χ4v) is 2.57.